The summed E-state index contributed by atoms with van der Waals surface area (Å²) in [5, 5.41) is 6.66. The summed E-state index contributed by atoms with van der Waals surface area (Å²) in [6.07, 6.45) is 5.43. The number of aromatic nitrogens is 1. The van der Waals surface area contributed by atoms with E-state index in [1.54, 1.807) is 7.05 Å². The lowest BCUT2D eigenvalue weighted by molar-refractivity contribution is 0.0258. The minimum absolute atomic E-state index is 0. The van der Waals surface area contributed by atoms with Gasteiger partial charge < -0.3 is 19.9 Å². The van der Waals surface area contributed by atoms with Crippen molar-refractivity contribution < 1.29 is 4.74 Å². The first-order chi connectivity index (χ1) is 10.1. The van der Waals surface area contributed by atoms with E-state index < -0.39 is 0 Å². The Labute approximate surface area is 151 Å². The molecule has 1 rings (SSSR count). The molecule has 0 aliphatic rings. The molecule has 2 N–H and O–H groups in total. The van der Waals surface area contributed by atoms with Crippen molar-refractivity contribution in [1.29, 1.82) is 0 Å². The van der Waals surface area contributed by atoms with E-state index in [1.165, 1.54) is 5.56 Å². The van der Waals surface area contributed by atoms with Gasteiger partial charge in [0.25, 0.3) is 0 Å². The van der Waals surface area contributed by atoms with Gasteiger partial charge >= 0.3 is 0 Å². The molecule has 0 amide bonds. The number of rotatable bonds is 8. The number of hydrogen-bond acceptors (Lipinski definition) is 2. The smallest absolute Gasteiger partial charge is 0.191 e. The van der Waals surface area contributed by atoms with Crippen LogP contribution in [0, 0.1) is 5.92 Å². The Morgan fingerprint density at radius 2 is 2.09 bits per heavy atom. The van der Waals surface area contributed by atoms with Crippen molar-refractivity contribution in [2.75, 3.05) is 20.2 Å². The summed E-state index contributed by atoms with van der Waals surface area (Å²) in [5.41, 5.74) is 1.25. The predicted octanol–water partition coefficient (Wildman–Crippen LogP) is 2.76. The van der Waals surface area contributed by atoms with Crippen LogP contribution in [0.15, 0.2) is 23.5 Å². The lowest BCUT2D eigenvalue weighted by Gasteiger charge is -2.21. The van der Waals surface area contributed by atoms with Crippen LogP contribution in [0.3, 0.4) is 0 Å². The first-order valence-corrected chi connectivity index (χ1v) is 7.73. The van der Waals surface area contributed by atoms with E-state index in [4.69, 9.17) is 4.74 Å². The molecule has 1 aromatic heterocycles. The van der Waals surface area contributed by atoms with Crippen LogP contribution in [0.5, 0.6) is 0 Å². The number of aliphatic imine (C=N–C) groups is 1. The van der Waals surface area contributed by atoms with E-state index in [9.17, 15) is 0 Å². The van der Waals surface area contributed by atoms with Gasteiger partial charge in [0, 0.05) is 46.2 Å². The Morgan fingerprint density at radius 3 is 2.59 bits per heavy atom. The monoisotopic (exact) mass is 422 g/mol. The number of hydrogen-bond donors (Lipinski definition) is 2. The lowest BCUT2D eigenvalue weighted by Crippen LogP contribution is -2.38. The maximum Gasteiger partial charge on any atom is 0.191 e. The SMILES string of the molecule is CCOC(CCNC(=NC)NCc1ccn(C)c1)C(C)C.I. The number of nitrogens with zero attached hydrogens (tertiary/aromatic N) is 2. The third-order valence-electron chi connectivity index (χ3n) is 3.42. The van der Waals surface area contributed by atoms with Crippen LogP contribution in [0.25, 0.3) is 0 Å². The van der Waals surface area contributed by atoms with E-state index in [1.807, 2.05) is 24.7 Å². The highest BCUT2D eigenvalue weighted by atomic mass is 127. The summed E-state index contributed by atoms with van der Waals surface area (Å²) in [6, 6.07) is 2.10. The fourth-order valence-electron chi connectivity index (χ4n) is 2.23. The Kier molecular flexibility index (Phi) is 11.4. The maximum atomic E-state index is 5.75. The summed E-state index contributed by atoms with van der Waals surface area (Å²) in [6.45, 7) is 8.84. The van der Waals surface area contributed by atoms with Crippen molar-refractivity contribution in [2.24, 2.45) is 18.0 Å². The van der Waals surface area contributed by atoms with E-state index in [-0.39, 0.29) is 24.0 Å². The second-order valence-electron chi connectivity index (χ2n) is 5.56. The van der Waals surface area contributed by atoms with Gasteiger partial charge in [-0.2, -0.15) is 0 Å². The predicted molar refractivity (Wildman–Crippen MR) is 104 cm³/mol. The van der Waals surface area contributed by atoms with Gasteiger partial charge in [-0.15, -0.1) is 24.0 Å². The molecule has 1 heterocycles. The van der Waals surface area contributed by atoms with Gasteiger partial charge in [-0.25, -0.2) is 0 Å². The van der Waals surface area contributed by atoms with Gasteiger partial charge in [-0.3, -0.25) is 4.99 Å². The van der Waals surface area contributed by atoms with Crippen LogP contribution in [0.4, 0.5) is 0 Å². The molecule has 128 valence electrons. The molecule has 22 heavy (non-hydrogen) atoms. The van der Waals surface area contributed by atoms with Gasteiger partial charge in [0.2, 0.25) is 0 Å². The molecule has 1 atom stereocenters. The average molecular weight is 422 g/mol. The van der Waals surface area contributed by atoms with Crippen LogP contribution in [-0.4, -0.2) is 36.8 Å². The van der Waals surface area contributed by atoms with E-state index in [2.05, 4.69) is 41.7 Å². The van der Waals surface area contributed by atoms with Crippen molar-refractivity contribution >= 4 is 29.9 Å². The second-order valence-corrected chi connectivity index (χ2v) is 5.56. The molecule has 0 saturated carbocycles. The van der Waals surface area contributed by atoms with Crippen molar-refractivity contribution in [2.45, 2.75) is 39.8 Å². The second kappa shape index (κ2) is 11.8. The molecular formula is C16H31IN4O. The summed E-state index contributed by atoms with van der Waals surface area (Å²) in [5.74, 6) is 1.36. The zero-order chi connectivity index (χ0) is 15.7. The van der Waals surface area contributed by atoms with Crippen molar-refractivity contribution in [3.63, 3.8) is 0 Å². The third kappa shape index (κ3) is 8.03. The average Bonchev–Trinajstić information content (AvgIpc) is 2.86. The van der Waals surface area contributed by atoms with Crippen LogP contribution in [-0.2, 0) is 18.3 Å². The molecule has 0 spiro atoms. The summed E-state index contributed by atoms with van der Waals surface area (Å²) in [4.78, 5) is 4.24. The van der Waals surface area contributed by atoms with Crippen LogP contribution in [0.1, 0.15) is 32.8 Å². The highest BCUT2D eigenvalue weighted by Crippen LogP contribution is 2.09. The van der Waals surface area contributed by atoms with Crippen LogP contribution in [0.2, 0.25) is 0 Å². The zero-order valence-corrected chi connectivity index (χ0v) is 16.8. The molecule has 1 aromatic rings. The van der Waals surface area contributed by atoms with Gasteiger partial charge in [-0.05, 0) is 30.9 Å². The van der Waals surface area contributed by atoms with E-state index in [0.717, 1.165) is 32.1 Å². The van der Waals surface area contributed by atoms with Gasteiger partial charge in [0.1, 0.15) is 0 Å². The van der Waals surface area contributed by atoms with E-state index >= 15 is 0 Å². The molecule has 0 aromatic carbocycles. The highest BCUT2D eigenvalue weighted by Gasteiger charge is 2.12. The quantitative estimate of drug-likeness (QED) is 0.385. The number of aryl methyl sites for hydroxylation is 1. The van der Waals surface area contributed by atoms with Crippen LogP contribution >= 0.6 is 24.0 Å². The number of nitrogens with one attached hydrogen (secondary N) is 2. The minimum Gasteiger partial charge on any atom is -0.378 e. The summed E-state index contributed by atoms with van der Waals surface area (Å²) >= 11 is 0. The summed E-state index contributed by atoms with van der Waals surface area (Å²) in [7, 11) is 3.82. The highest BCUT2D eigenvalue weighted by molar-refractivity contribution is 14.0. The Balaban J connectivity index is 0.00000441. The Bertz CT molecular complexity index is 432. The van der Waals surface area contributed by atoms with Crippen molar-refractivity contribution in [3.05, 3.63) is 24.0 Å². The van der Waals surface area contributed by atoms with Gasteiger partial charge in [0.05, 0.1) is 6.10 Å². The number of ether oxygens (including phenoxy) is 1. The molecule has 0 saturated heterocycles. The Hall–Kier alpha value is -0.760. The molecule has 0 fully saturated rings. The normalized spacial score (nSPS) is 12.9. The lowest BCUT2D eigenvalue weighted by atomic mass is 10.0. The molecular weight excluding hydrogens is 391 g/mol. The topological polar surface area (TPSA) is 50.6 Å². The maximum absolute atomic E-state index is 5.75. The molecule has 0 bridgehead atoms. The molecule has 0 aliphatic carbocycles. The molecule has 0 aliphatic heterocycles. The Morgan fingerprint density at radius 1 is 1.36 bits per heavy atom. The summed E-state index contributed by atoms with van der Waals surface area (Å²) < 4.78 is 7.79. The fraction of sp³-hybridized carbons (Fsp3) is 0.688. The molecule has 0 radical (unpaired) electrons. The number of guanidine groups is 1. The van der Waals surface area contributed by atoms with Gasteiger partial charge in [0.15, 0.2) is 5.96 Å². The van der Waals surface area contributed by atoms with Gasteiger partial charge in [-0.1, -0.05) is 13.8 Å². The third-order valence-corrected chi connectivity index (χ3v) is 3.42. The fourth-order valence-corrected chi connectivity index (χ4v) is 2.23. The number of halogens is 1. The molecule has 1 unspecified atom stereocenters. The van der Waals surface area contributed by atoms with Crippen molar-refractivity contribution in [3.8, 4) is 0 Å². The zero-order valence-electron chi connectivity index (χ0n) is 14.4. The standard InChI is InChI=1S/C16H30N4O.HI/c1-6-21-15(13(2)3)7-9-18-16(17-4)19-11-14-8-10-20(5)12-14;/h8,10,12-13,15H,6-7,9,11H2,1-5H3,(H2,17,18,19);1H. The first kappa shape index (κ1) is 21.2. The van der Waals surface area contributed by atoms with E-state index in [0.29, 0.717) is 12.0 Å². The first-order valence-electron chi connectivity index (χ1n) is 7.73. The molecule has 6 heteroatoms. The molecule has 5 nitrogen and oxygen atoms in total. The van der Waals surface area contributed by atoms with Crippen LogP contribution < -0.4 is 10.6 Å². The minimum atomic E-state index is 0. The largest absolute Gasteiger partial charge is 0.378 e. The van der Waals surface area contributed by atoms with Crippen molar-refractivity contribution in [1.82, 2.24) is 15.2 Å².